The molecule has 0 saturated heterocycles. The second-order valence-electron chi connectivity index (χ2n) is 4.80. The number of halogens is 1. The first-order chi connectivity index (χ1) is 11.1. The van der Waals surface area contributed by atoms with Gasteiger partial charge in [-0.2, -0.15) is 0 Å². The molecule has 0 spiro atoms. The molecule has 0 atom stereocenters. The van der Waals surface area contributed by atoms with E-state index < -0.39 is 0 Å². The first kappa shape index (κ1) is 15.4. The molecule has 118 valence electrons. The van der Waals surface area contributed by atoms with Crippen molar-refractivity contribution in [3.63, 3.8) is 0 Å². The smallest absolute Gasteiger partial charge is 0.323 e. The van der Waals surface area contributed by atoms with E-state index in [1.165, 1.54) is 0 Å². The summed E-state index contributed by atoms with van der Waals surface area (Å²) in [7, 11) is 3.17. The first-order valence-electron chi connectivity index (χ1n) is 6.78. The van der Waals surface area contributed by atoms with Gasteiger partial charge in [0.05, 0.1) is 30.9 Å². The van der Waals surface area contributed by atoms with Crippen LogP contribution in [0.15, 0.2) is 44.6 Å². The van der Waals surface area contributed by atoms with E-state index in [0.29, 0.717) is 11.5 Å². The molecule has 0 saturated carbocycles. The lowest BCUT2D eigenvalue weighted by Gasteiger charge is -2.09. The summed E-state index contributed by atoms with van der Waals surface area (Å²) in [6.07, 6.45) is 1.72. The van der Waals surface area contributed by atoms with Gasteiger partial charge in [-0.3, -0.25) is 4.99 Å². The number of hydrogen-bond acceptors (Lipinski definition) is 4. The highest BCUT2D eigenvalue weighted by Crippen LogP contribution is 2.32. The molecule has 7 heteroatoms. The lowest BCUT2D eigenvalue weighted by atomic mass is 10.2. The number of fused-ring (bicyclic) bond motifs is 1. The second kappa shape index (κ2) is 6.29. The Balaban J connectivity index is 1.95. The van der Waals surface area contributed by atoms with Crippen molar-refractivity contribution in [2.24, 2.45) is 4.99 Å². The summed E-state index contributed by atoms with van der Waals surface area (Å²) in [4.78, 5) is 21.1. The van der Waals surface area contributed by atoms with Crippen LogP contribution in [0.25, 0.3) is 11.0 Å². The van der Waals surface area contributed by atoms with E-state index in [1.54, 1.807) is 26.5 Å². The Morgan fingerprint density at radius 3 is 2.48 bits per heavy atom. The third-order valence-corrected chi connectivity index (χ3v) is 4.04. The van der Waals surface area contributed by atoms with Crippen molar-refractivity contribution in [1.82, 2.24) is 9.97 Å². The number of rotatable bonds is 4. The molecule has 0 aliphatic carbocycles. The fourth-order valence-electron chi connectivity index (χ4n) is 2.21. The number of nitrogens with zero attached hydrogens (tertiary/aromatic N) is 1. The Hall–Kier alpha value is -2.54. The molecule has 3 rings (SSSR count). The van der Waals surface area contributed by atoms with Crippen LogP contribution in [0.1, 0.15) is 5.56 Å². The molecule has 1 heterocycles. The minimum absolute atomic E-state index is 0.233. The topological polar surface area (TPSA) is 79.5 Å². The van der Waals surface area contributed by atoms with E-state index in [9.17, 15) is 4.79 Å². The number of aromatic amines is 2. The average Bonchev–Trinajstić information content (AvgIpc) is 2.92. The van der Waals surface area contributed by atoms with Crippen molar-refractivity contribution in [3.8, 4) is 11.5 Å². The molecule has 1 aromatic heterocycles. The number of aromatic nitrogens is 2. The number of H-pyrrole nitrogens is 2. The highest BCUT2D eigenvalue weighted by molar-refractivity contribution is 9.10. The summed E-state index contributed by atoms with van der Waals surface area (Å²) in [5, 5.41) is 0. The number of benzene rings is 2. The van der Waals surface area contributed by atoms with Gasteiger partial charge in [-0.1, -0.05) is 0 Å². The number of hydrogen-bond donors (Lipinski definition) is 2. The molecule has 0 fully saturated rings. The first-order valence-corrected chi connectivity index (χ1v) is 7.57. The number of methoxy groups -OCH3 is 2. The summed E-state index contributed by atoms with van der Waals surface area (Å²) in [6.45, 7) is 0. The second-order valence-corrected chi connectivity index (χ2v) is 5.65. The largest absolute Gasteiger partial charge is 0.493 e. The van der Waals surface area contributed by atoms with Gasteiger partial charge >= 0.3 is 5.69 Å². The molecule has 0 unspecified atom stereocenters. The van der Waals surface area contributed by atoms with Crippen LogP contribution in [0.2, 0.25) is 0 Å². The van der Waals surface area contributed by atoms with Crippen LogP contribution >= 0.6 is 15.9 Å². The van der Waals surface area contributed by atoms with E-state index in [0.717, 1.165) is 26.8 Å². The molecule has 23 heavy (non-hydrogen) atoms. The molecule has 0 radical (unpaired) electrons. The molecular formula is C16H14BrN3O3. The van der Waals surface area contributed by atoms with Crippen molar-refractivity contribution < 1.29 is 9.47 Å². The zero-order valence-corrected chi connectivity index (χ0v) is 14.1. The monoisotopic (exact) mass is 375 g/mol. The SMILES string of the molecule is COc1cc(Br)c(C=Nc2ccc3[nH]c(=O)[nH]c3c2)cc1OC. The van der Waals surface area contributed by atoms with E-state index in [4.69, 9.17) is 9.47 Å². The maximum absolute atomic E-state index is 11.3. The minimum Gasteiger partial charge on any atom is -0.493 e. The molecule has 0 aliphatic heterocycles. The van der Waals surface area contributed by atoms with Crippen LogP contribution in [0.4, 0.5) is 5.69 Å². The van der Waals surface area contributed by atoms with Gasteiger partial charge in [0, 0.05) is 16.3 Å². The van der Waals surface area contributed by atoms with E-state index >= 15 is 0 Å². The third-order valence-electron chi connectivity index (χ3n) is 3.36. The Bertz CT molecular complexity index is 943. The van der Waals surface area contributed by atoms with Crippen molar-refractivity contribution in [1.29, 1.82) is 0 Å². The van der Waals surface area contributed by atoms with Crippen molar-refractivity contribution in [2.45, 2.75) is 0 Å². The molecule has 0 bridgehead atoms. The van der Waals surface area contributed by atoms with Crippen LogP contribution in [-0.2, 0) is 0 Å². The molecule has 3 aromatic rings. The predicted molar refractivity (Wildman–Crippen MR) is 93.4 cm³/mol. The Morgan fingerprint density at radius 1 is 1.04 bits per heavy atom. The van der Waals surface area contributed by atoms with Gasteiger partial charge in [0.2, 0.25) is 0 Å². The quantitative estimate of drug-likeness (QED) is 0.685. The fourth-order valence-corrected chi connectivity index (χ4v) is 2.64. The summed E-state index contributed by atoms with van der Waals surface area (Å²) in [5.41, 5.74) is 2.82. The zero-order valence-electron chi connectivity index (χ0n) is 12.5. The van der Waals surface area contributed by atoms with E-state index in [-0.39, 0.29) is 5.69 Å². The number of ether oxygens (including phenoxy) is 2. The number of nitrogens with one attached hydrogen (secondary N) is 2. The van der Waals surface area contributed by atoms with E-state index in [2.05, 4.69) is 30.9 Å². The van der Waals surface area contributed by atoms with Crippen LogP contribution < -0.4 is 15.2 Å². The molecule has 0 amide bonds. The normalized spacial score (nSPS) is 11.3. The zero-order chi connectivity index (χ0) is 16.4. The molecule has 2 aromatic carbocycles. The van der Waals surface area contributed by atoms with Crippen molar-refractivity contribution in [3.05, 3.63) is 50.9 Å². The number of imidazole rings is 1. The summed E-state index contributed by atoms with van der Waals surface area (Å²) < 4.78 is 11.4. The van der Waals surface area contributed by atoms with Crippen LogP contribution in [-0.4, -0.2) is 30.4 Å². The Labute approximate surface area is 140 Å². The number of aliphatic imine (C=N–C) groups is 1. The molecule has 6 nitrogen and oxygen atoms in total. The van der Waals surface area contributed by atoms with Crippen LogP contribution in [0.3, 0.4) is 0 Å². The standard InChI is InChI=1S/C16H14BrN3O3/c1-22-14-5-9(11(17)7-15(14)23-2)8-18-10-3-4-12-13(6-10)20-16(21)19-12/h3-8H,1-2H3,(H2,19,20,21). The predicted octanol–water partition coefficient (Wildman–Crippen LogP) is 3.39. The lowest BCUT2D eigenvalue weighted by molar-refractivity contribution is 0.354. The van der Waals surface area contributed by atoms with Crippen molar-refractivity contribution >= 4 is 38.9 Å². The molecule has 2 N–H and O–H groups in total. The van der Waals surface area contributed by atoms with Gasteiger partial charge in [0.1, 0.15) is 0 Å². The molecule has 0 aliphatic rings. The van der Waals surface area contributed by atoms with Gasteiger partial charge in [-0.05, 0) is 46.3 Å². The van der Waals surface area contributed by atoms with Gasteiger partial charge in [-0.15, -0.1) is 0 Å². The average molecular weight is 376 g/mol. The van der Waals surface area contributed by atoms with Gasteiger partial charge < -0.3 is 19.4 Å². The summed E-state index contributed by atoms with van der Waals surface area (Å²) in [5.74, 6) is 1.27. The van der Waals surface area contributed by atoms with Crippen LogP contribution in [0, 0.1) is 0 Å². The Morgan fingerprint density at radius 2 is 1.74 bits per heavy atom. The minimum atomic E-state index is -0.233. The lowest BCUT2D eigenvalue weighted by Crippen LogP contribution is -1.99. The summed E-state index contributed by atoms with van der Waals surface area (Å²) in [6, 6.07) is 9.11. The Kier molecular flexibility index (Phi) is 4.20. The highest BCUT2D eigenvalue weighted by atomic mass is 79.9. The van der Waals surface area contributed by atoms with Crippen LogP contribution in [0.5, 0.6) is 11.5 Å². The molecular weight excluding hydrogens is 362 g/mol. The highest BCUT2D eigenvalue weighted by Gasteiger charge is 2.08. The third kappa shape index (κ3) is 3.14. The van der Waals surface area contributed by atoms with Gasteiger partial charge in [-0.25, -0.2) is 4.79 Å². The van der Waals surface area contributed by atoms with Gasteiger partial charge in [0.15, 0.2) is 11.5 Å². The van der Waals surface area contributed by atoms with Crippen molar-refractivity contribution in [2.75, 3.05) is 14.2 Å². The van der Waals surface area contributed by atoms with Gasteiger partial charge in [0.25, 0.3) is 0 Å². The van der Waals surface area contributed by atoms with E-state index in [1.807, 2.05) is 24.3 Å². The maximum atomic E-state index is 11.3. The summed E-state index contributed by atoms with van der Waals surface area (Å²) >= 11 is 3.49. The fraction of sp³-hybridized carbons (Fsp3) is 0.125. The maximum Gasteiger partial charge on any atom is 0.323 e.